The summed E-state index contributed by atoms with van der Waals surface area (Å²) in [5.41, 5.74) is 1.17. The zero-order chi connectivity index (χ0) is 26.3. The average molecular weight is 500 g/mol. The second kappa shape index (κ2) is 12.1. The van der Waals surface area contributed by atoms with E-state index < -0.39 is 5.54 Å². The van der Waals surface area contributed by atoms with E-state index >= 15 is 0 Å². The number of nitrogens with zero attached hydrogens (tertiary/aromatic N) is 3. The molecule has 0 radical (unpaired) electrons. The van der Waals surface area contributed by atoms with Gasteiger partial charge in [-0.2, -0.15) is 0 Å². The molecule has 2 aliphatic heterocycles. The molecule has 9 nitrogen and oxygen atoms in total. The highest BCUT2D eigenvalue weighted by molar-refractivity contribution is 6.07. The number of imide groups is 1. The van der Waals surface area contributed by atoms with E-state index in [4.69, 9.17) is 14.2 Å². The van der Waals surface area contributed by atoms with Crippen molar-refractivity contribution >= 4 is 11.9 Å². The van der Waals surface area contributed by atoms with Crippen LogP contribution in [0.25, 0.3) is 0 Å². The van der Waals surface area contributed by atoms with Crippen LogP contribution in [0.3, 0.4) is 0 Å². The molecule has 2 aromatic carbocycles. The Morgan fingerprint density at radius 1 is 0.778 bits per heavy atom. The summed E-state index contributed by atoms with van der Waals surface area (Å²) >= 11 is 0. The topological polar surface area (TPSA) is 80.8 Å². The smallest absolute Gasteiger partial charge is 0.327 e. The first-order valence-electron chi connectivity index (χ1n) is 11.9. The molecular weight excluding hydrogens is 462 g/mol. The van der Waals surface area contributed by atoms with Crippen LogP contribution in [0.1, 0.15) is 24.0 Å². The van der Waals surface area contributed by atoms with Crippen molar-refractivity contribution in [3.05, 3.63) is 53.6 Å². The van der Waals surface area contributed by atoms with Gasteiger partial charge in [0.15, 0.2) is 0 Å². The van der Waals surface area contributed by atoms with E-state index in [-0.39, 0.29) is 18.5 Å². The zero-order valence-electron chi connectivity index (χ0n) is 22.1. The first-order valence-corrected chi connectivity index (χ1v) is 11.9. The summed E-state index contributed by atoms with van der Waals surface area (Å²) in [5, 5.41) is 0. The standard InChI is InChI=1S/C25H31N3O5.C2H6O/c1-26-24(30)28(17-19-13-21(32-3)15-22(14-19)33-4)23(29)25(26)8-10-27(11-9-25)16-18-6-5-7-20(12-18)31-2;1-3-2/h5-7,12-15H,8-11,16-17H2,1-4H3;1-2H3. The molecule has 2 aliphatic rings. The maximum Gasteiger partial charge on any atom is 0.327 e. The van der Waals surface area contributed by atoms with Gasteiger partial charge in [0, 0.05) is 47.0 Å². The first-order chi connectivity index (χ1) is 17.3. The van der Waals surface area contributed by atoms with Crippen LogP contribution in [0.2, 0.25) is 0 Å². The van der Waals surface area contributed by atoms with E-state index in [2.05, 4.69) is 15.7 Å². The van der Waals surface area contributed by atoms with Crippen LogP contribution in [-0.2, 0) is 22.6 Å². The Hall–Kier alpha value is -3.30. The maximum absolute atomic E-state index is 13.5. The number of ether oxygens (including phenoxy) is 4. The lowest BCUT2D eigenvalue weighted by molar-refractivity contribution is -0.135. The van der Waals surface area contributed by atoms with Crippen molar-refractivity contribution in [2.45, 2.75) is 31.5 Å². The molecule has 2 heterocycles. The fraction of sp³-hybridized carbons (Fsp3) is 0.481. The number of urea groups is 1. The number of hydrogen-bond donors (Lipinski definition) is 0. The summed E-state index contributed by atoms with van der Waals surface area (Å²) in [7, 11) is 9.80. The normalized spacial score (nSPS) is 17.2. The van der Waals surface area contributed by atoms with Gasteiger partial charge in [-0.05, 0) is 48.2 Å². The molecule has 196 valence electrons. The number of hydrogen-bond acceptors (Lipinski definition) is 7. The van der Waals surface area contributed by atoms with Crippen molar-refractivity contribution < 1.29 is 28.5 Å². The third kappa shape index (κ3) is 5.74. The van der Waals surface area contributed by atoms with Crippen molar-refractivity contribution in [1.29, 1.82) is 0 Å². The van der Waals surface area contributed by atoms with Gasteiger partial charge in [0.1, 0.15) is 22.8 Å². The number of methoxy groups -OCH3 is 4. The molecule has 3 amide bonds. The summed E-state index contributed by atoms with van der Waals surface area (Å²) in [6.07, 6.45) is 1.21. The highest BCUT2D eigenvalue weighted by Gasteiger charge is 2.56. The molecule has 2 aromatic rings. The number of carbonyl (C=O) groups excluding carboxylic acids is 2. The summed E-state index contributed by atoms with van der Waals surface area (Å²) in [4.78, 5) is 31.9. The monoisotopic (exact) mass is 499 g/mol. The van der Waals surface area contributed by atoms with Gasteiger partial charge >= 0.3 is 6.03 Å². The molecule has 0 saturated carbocycles. The summed E-state index contributed by atoms with van der Waals surface area (Å²) < 4.78 is 20.2. The van der Waals surface area contributed by atoms with Crippen LogP contribution in [0.5, 0.6) is 17.2 Å². The molecule has 0 bridgehead atoms. The summed E-state index contributed by atoms with van der Waals surface area (Å²) in [5.74, 6) is 1.95. The third-order valence-electron chi connectivity index (χ3n) is 6.78. The van der Waals surface area contributed by atoms with E-state index in [0.29, 0.717) is 24.3 Å². The van der Waals surface area contributed by atoms with Crippen molar-refractivity contribution in [2.75, 3.05) is 55.7 Å². The molecule has 0 unspecified atom stereocenters. The Kier molecular flexibility index (Phi) is 9.17. The number of piperidine rings is 1. The maximum atomic E-state index is 13.5. The number of carbonyl (C=O) groups is 2. The van der Waals surface area contributed by atoms with Crippen LogP contribution in [0.15, 0.2) is 42.5 Å². The largest absolute Gasteiger partial charge is 0.497 e. The highest BCUT2D eigenvalue weighted by atomic mass is 16.5. The lowest BCUT2D eigenvalue weighted by Gasteiger charge is -2.40. The van der Waals surface area contributed by atoms with Gasteiger partial charge in [-0.1, -0.05) is 12.1 Å². The van der Waals surface area contributed by atoms with Crippen molar-refractivity contribution in [1.82, 2.24) is 14.7 Å². The van der Waals surface area contributed by atoms with E-state index in [1.807, 2.05) is 30.3 Å². The van der Waals surface area contributed by atoms with Gasteiger partial charge in [-0.15, -0.1) is 0 Å². The molecule has 2 saturated heterocycles. The van der Waals surface area contributed by atoms with Gasteiger partial charge in [0.05, 0.1) is 27.9 Å². The van der Waals surface area contributed by atoms with Gasteiger partial charge < -0.3 is 23.8 Å². The molecule has 0 atom stereocenters. The number of rotatable bonds is 7. The van der Waals surface area contributed by atoms with E-state index in [0.717, 1.165) is 30.9 Å². The molecule has 9 heteroatoms. The lowest BCUT2D eigenvalue weighted by Crippen LogP contribution is -2.55. The molecular formula is C27H37N3O6. The van der Waals surface area contributed by atoms with Crippen LogP contribution in [-0.4, -0.2) is 87.9 Å². The van der Waals surface area contributed by atoms with E-state index in [1.54, 1.807) is 53.6 Å². The first kappa shape index (κ1) is 27.3. The number of benzene rings is 2. The van der Waals surface area contributed by atoms with E-state index in [9.17, 15) is 9.59 Å². The minimum Gasteiger partial charge on any atom is -0.497 e. The second-order valence-corrected chi connectivity index (χ2v) is 9.02. The average Bonchev–Trinajstić information content (AvgIpc) is 3.06. The summed E-state index contributed by atoms with van der Waals surface area (Å²) in [6, 6.07) is 13.2. The van der Waals surface area contributed by atoms with Crippen molar-refractivity contribution in [2.24, 2.45) is 0 Å². The number of likely N-dealkylation sites (N-methyl/N-ethyl adjacent to an activating group) is 1. The molecule has 4 rings (SSSR count). The van der Waals surface area contributed by atoms with Crippen LogP contribution >= 0.6 is 0 Å². The van der Waals surface area contributed by atoms with Crippen molar-refractivity contribution in [3.8, 4) is 17.2 Å². The Morgan fingerprint density at radius 3 is 1.89 bits per heavy atom. The molecule has 0 N–H and O–H groups in total. The van der Waals surface area contributed by atoms with Gasteiger partial charge in [0.25, 0.3) is 5.91 Å². The Bertz CT molecular complexity index is 1030. The summed E-state index contributed by atoms with van der Waals surface area (Å²) in [6.45, 7) is 2.44. The second-order valence-electron chi connectivity index (χ2n) is 9.02. The SMILES string of the molecule is COC.COc1cccc(CN2CCC3(CC2)C(=O)N(Cc2cc(OC)cc(OC)c2)C(=O)N3C)c1. The number of likely N-dealkylation sites (tertiary alicyclic amines) is 1. The third-order valence-corrected chi connectivity index (χ3v) is 6.78. The van der Waals surface area contributed by atoms with E-state index in [1.165, 1.54) is 10.5 Å². The number of amides is 3. The van der Waals surface area contributed by atoms with Gasteiger partial charge in [-0.25, -0.2) is 4.79 Å². The predicted molar refractivity (Wildman–Crippen MR) is 136 cm³/mol. The highest BCUT2D eigenvalue weighted by Crippen LogP contribution is 2.37. The minimum atomic E-state index is -0.787. The van der Waals surface area contributed by atoms with Crippen LogP contribution in [0, 0.1) is 0 Å². The Morgan fingerprint density at radius 2 is 1.33 bits per heavy atom. The van der Waals surface area contributed by atoms with Gasteiger partial charge in [0.2, 0.25) is 0 Å². The quantitative estimate of drug-likeness (QED) is 0.540. The zero-order valence-corrected chi connectivity index (χ0v) is 22.1. The van der Waals surface area contributed by atoms with Crippen LogP contribution in [0.4, 0.5) is 4.79 Å². The molecule has 0 aromatic heterocycles. The predicted octanol–water partition coefficient (Wildman–Crippen LogP) is 3.40. The van der Waals surface area contributed by atoms with Crippen molar-refractivity contribution in [3.63, 3.8) is 0 Å². The molecule has 1 spiro atoms. The minimum absolute atomic E-state index is 0.127. The van der Waals surface area contributed by atoms with Crippen LogP contribution < -0.4 is 14.2 Å². The fourth-order valence-corrected chi connectivity index (χ4v) is 4.78. The Balaban J connectivity index is 0.00000115. The molecule has 0 aliphatic carbocycles. The molecule has 2 fully saturated rings. The fourth-order valence-electron chi connectivity index (χ4n) is 4.78. The molecule has 36 heavy (non-hydrogen) atoms. The van der Waals surface area contributed by atoms with Gasteiger partial charge in [-0.3, -0.25) is 14.6 Å². The Labute approximate surface area is 213 Å². The lowest BCUT2D eigenvalue weighted by atomic mass is 9.86.